The lowest BCUT2D eigenvalue weighted by Crippen LogP contribution is -2.23. The number of hydrogen-bond donors (Lipinski definition) is 1. The predicted molar refractivity (Wildman–Crippen MR) is 80.6 cm³/mol. The van der Waals surface area contributed by atoms with Gasteiger partial charge in [0.2, 0.25) is 0 Å². The normalized spacial score (nSPS) is 10.5. The van der Waals surface area contributed by atoms with Crippen LogP contribution in [0.3, 0.4) is 0 Å². The van der Waals surface area contributed by atoms with Crippen LogP contribution in [-0.4, -0.2) is 9.78 Å². The lowest BCUT2D eigenvalue weighted by atomic mass is 10.2. The first kappa shape index (κ1) is 14.1. The van der Waals surface area contributed by atoms with E-state index in [2.05, 4.69) is 26.3 Å². The molecular weight excluding hydrogens is 330 g/mol. The van der Waals surface area contributed by atoms with Gasteiger partial charge in [-0.15, -0.1) is 0 Å². The Bertz CT molecular complexity index is 625. The minimum absolute atomic E-state index is 0.136. The van der Waals surface area contributed by atoms with E-state index < -0.39 is 0 Å². The first-order chi connectivity index (χ1) is 9.11. The summed E-state index contributed by atoms with van der Waals surface area (Å²) in [6, 6.07) is 7.54. The number of anilines is 1. The molecule has 0 aliphatic carbocycles. The van der Waals surface area contributed by atoms with Crippen LogP contribution >= 0.6 is 27.5 Å². The molecule has 0 atom stereocenters. The van der Waals surface area contributed by atoms with Gasteiger partial charge in [-0.1, -0.05) is 23.7 Å². The van der Waals surface area contributed by atoms with Crippen LogP contribution < -0.4 is 10.9 Å². The Morgan fingerprint density at radius 1 is 1.37 bits per heavy atom. The summed E-state index contributed by atoms with van der Waals surface area (Å²) in [5, 5.41) is 7.96. The van der Waals surface area contributed by atoms with Crippen LogP contribution in [0.4, 0.5) is 5.69 Å². The topological polar surface area (TPSA) is 46.9 Å². The maximum Gasteiger partial charge on any atom is 0.283 e. The highest BCUT2D eigenvalue weighted by atomic mass is 79.9. The minimum Gasteiger partial charge on any atom is -0.379 e. The lowest BCUT2D eigenvalue weighted by Gasteiger charge is -2.09. The smallest absolute Gasteiger partial charge is 0.283 e. The van der Waals surface area contributed by atoms with Crippen molar-refractivity contribution in [2.24, 2.45) is 0 Å². The van der Waals surface area contributed by atoms with Crippen LogP contribution in [-0.2, 0) is 13.1 Å². The van der Waals surface area contributed by atoms with Gasteiger partial charge in [-0.05, 0) is 40.5 Å². The predicted octanol–water partition coefficient (Wildman–Crippen LogP) is 3.29. The molecule has 0 aliphatic heterocycles. The third-order valence-electron chi connectivity index (χ3n) is 2.68. The molecule has 0 spiro atoms. The average molecular weight is 343 g/mol. The summed E-state index contributed by atoms with van der Waals surface area (Å²) in [5.74, 6) is 0. The monoisotopic (exact) mass is 341 g/mol. The van der Waals surface area contributed by atoms with E-state index in [1.54, 1.807) is 6.20 Å². The van der Waals surface area contributed by atoms with Crippen molar-refractivity contribution < 1.29 is 0 Å². The van der Waals surface area contributed by atoms with E-state index in [1.165, 1.54) is 4.68 Å². The van der Waals surface area contributed by atoms with Crippen molar-refractivity contribution in [3.8, 4) is 0 Å². The van der Waals surface area contributed by atoms with Crippen molar-refractivity contribution in [1.82, 2.24) is 9.78 Å². The lowest BCUT2D eigenvalue weighted by molar-refractivity contribution is 0.613. The zero-order valence-corrected chi connectivity index (χ0v) is 12.7. The molecule has 0 amide bonds. The Kier molecular flexibility index (Phi) is 4.61. The van der Waals surface area contributed by atoms with Crippen molar-refractivity contribution >= 4 is 33.2 Å². The molecule has 4 nitrogen and oxygen atoms in total. The number of halogens is 2. The molecule has 6 heteroatoms. The van der Waals surface area contributed by atoms with E-state index in [4.69, 9.17) is 11.6 Å². The van der Waals surface area contributed by atoms with Crippen molar-refractivity contribution in [2.75, 3.05) is 5.32 Å². The van der Waals surface area contributed by atoms with Gasteiger partial charge >= 0.3 is 0 Å². The van der Waals surface area contributed by atoms with E-state index >= 15 is 0 Å². The van der Waals surface area contributed by atoms with Crippen LogP contribution in [0.25, 0.3) is 0 Å². The van der Waals surface area contributed by atoms with Gasteiger partial charge in [0.05, 0.1) is 11.9 Å². The summed E-state index contributed by atoms with van der Waals surface area (Å²) in [7, 11) is 0. The van der Waals surface area contributed by atoms with Crippen molar-refractivity contribution in [1.29, 1.82) is 0 Å². The van der Waals surface area contributed by atoms with Gasteiger partial charge in [-0.25, -0.2) is 4.68 Å². The Morgan fingerprint density at radius 3 is 2.68 bits per heavy atom. The van der Waals surface area contributed by atoms with Gasteiger partial charge in [0.1, 0.15) is 4.47 Å². The Balaban J connectivity index is 2.14. The maximum atomic E-state index is 11.9. The Morgan fingerprint density at radius 2 is 2.05 bits per heavy atom. The van der Waals surface area contributed by atoms with E-state index in [1.807, 2.05) is 31.2 Å². The second-order valence-electron chi connectivity index (χ2n) is 3.97. The Hall–Kier alpha value is -1.33. The molecule has 2 aromatic rings. The molecule has 0 saturated heterocycles. The molecule has 0 fully saturated rings. The molecule has 0 saturated carbocycles. The van der Waals surface area contributed by atoms with Crippen LogP contribution in [0.1, 0.15) is 12.5 Å². The van der Waals surface area contributed by atoms with Crippen molar-refractivity contribution in [3.05, 3.63) is 55.9 Å². The number of nitrogens with one attached hydrogen (secondary N) is 1. The molecular formula is C13H13BrClN3O. The molecule has 100 valence electrons. The number of nitrogens with zero attached hydrogens (tertiary/aromatic N) is 2. The molecule has 2 rings (SSSR count). The van der Waals surface area contributed by atoms with Crippen molar-refractivity contribution in [2.45, 2.75) is 20.0 Å². The van der Waals surface area contributed by atoms with E-state index in [9.17, 15) is 4.79 Å². The van der Waals surface area contributed by atoms with E-state index in [0.717, 1.165) is 5.56 Å². The van der Waals surface area contributed by atoms with Gasteiger partial charge in [0.25, 0.3) is 5.56 Å². The van der Waals surface area contributed by atoms with Crippen LogP contribution in [0.2, 0.25) is 5.02 Å². The molecule has 1 aromatic heterocycles. The molecule has 1 heterocycles. The highest BCUT2D eigenvalue weighted by Crippen LogP contribution is 2.17. The van der Waals surface area contributed by atoms with Gasteiger partial charge in [0, 0.05) is 18.1 Å². The van der Waals surface area contributed by atoms with Crippen LogP contribution in [0.5, 0.6) is 0 Å². The summed E-state index contributed by atoms with van der Waals surface area (Å²) < 4.78 is 1.90. The quantitative estimate of drug-likeness (QED) is 0.927. The first-order valence-electron chi connectivity index (χ1n) is 5.85. The largest absolute Gasteiger partial charge is 0.379 e. The Labute approximate surface area is 124 Å². The molecule has 0 aliphatic rings. The molecule has 1 N–H and O–H groups in total. The zero-order chi connectivity index (χ0) is 13.8. The molecule has 19 heavy (non-hydrogen) atoms. The highest BCUT2D eigenvalue weighted by molar-refractivity contribution is 9.10. The minimum atomic E-state index is -0.136. The third kappa shape index (κ3) is 3.36. The van der Waals surface area contributed by atoms with Gasteiger partial charge in [0.15, 0.2) is 0 Å². The first-order valence-corrected chi connectivity index (χ1v) is 7.03. The molecule has 0 bridgehead atoms. The number of rotatable bonds is 4. The SMILES string of the molecule is CCn1ncc(NCc2ccc(Cl)cc2)c(Br)c1=O. The number of benzene rings is 1. The number of aromatic nitrogens is 2. The van der Waals surface area contributed by atoms with E-state index in [-0.39, 0.29) is 5.56 Å². The zero-order valence-electron chi connectivity index (χ0n) is 10.4. The fourth-order valence-corrected chi connectivity index (χ4v) is 2.19. The van der Waals surface area contributed by atoms with E-state index in [0.29, 0.717) is 28.3 Å². The van der Waals surface area contributed by atoms with Crippen molar-refractivity contribution in [3.63, 3.8) is 0 Å². The second-order valence-corrected chi connectivity index (χ2v) is 5.20. The summed E-state index contributed by atoms with van der Waals surface area (Å²) in [6.07, 6.45) is 1.64. The fourth-order valence-electron chi connectivity index (χ4n) is 1.61. The van der Waals surface area contributed by atoms with Crippen LogP contribution in [0.15, 0.2) is 39.7 Å². The fraction of sp³-hybridized carbons (Fsp3) is 0.231. The third-order valence-corrected chi connectivity index (χ3v) is 3.70. The van der Waals surface area contributed by atoms with Crippen LogP contribution in [0, 0.1) is 0 Å². The summed E-state index contributed by atoms with van der Waals surface area (Å²) in [5.41, 5.74) is 1.63. The number of hydrogen-bond acceptors (Lipinski definition) is 3. The number of aryl methyl sites for hydroxylation is 1. The summed E-state index contributed by atoms with van der Waals surface area (Å²) >= 11 is 9.13. The average Bonchev–Trinajstić information content (AvgIpc) is 2.42. The molecule has 0 unspecified atom stereocenters. The standard InChI is InChI=1S/C13H13BrClN3O/c1-2-18-13(19)12(14)11(8-17-18)16-7-9-3-5-10(15)6-4-9/h3-6,8,16H,2,7H2,1H3. The summed E-state index contributed by atoms with van der Waals surface area (Å²) in [6.45, 7) is 3.03. The van der Waals surface area contributed by atoms with Gasteiger partial charge < -0.3 is 5.32 Å². The summed E-state index contributed by atoms with van der Waals surface area (Å²) in [4.78, 5) is 11.9. The van der Waals surface area contributed by atoms with Gasteiger partial charge in [-0.3, -0.25) is 4.79 Å². The second kappa shape index (κ2) is 6.21. The molecule has 1 aromatic carbocycles. The maximum absolute atomic E-state index is 11.9. The molecule has 0 radical (unpaired) electrons. The van der Waals surface area contributed by atoms with Gasteiger partial charge in [-0.2, -0.15) is 5.10 Å². The highest BCUT2D eigenvalue weighted by Gasteiger charge is 2.07.